The van der Waals surface area contributed by atoms with Gasteiger partial charge >= 0.3 is 51.4 Å². The number of hydrogen-bond acceptors (Lipinski definition) is 2. The molecule has 1 fully saturated rings. The van der Waals surface area contributed by atoms with Crippen LogP contribution in [0.3, 0.4) is 0 Å². The Balaban J connectivity index is 0. The van der Waals surface area contributed by atoms with E-state index in [1.807, 2.05) is 13.8 Å². The third kappa shape index (κ3) is 7.36. The molecule has 0 bridgehead atoms. The Bertz CT molecular complexity index is 115. The molecule has 1 aliphatic rings. The molecule has 1 heterocycles. The molecule has 1 saturated heterocycles. The van der Waals surface area contributed by atoms with E-state index in [1.165, 1.54) is 0 Å². The van der Waals surface area contributed by atoms with Crippen LogP contribution in [0.1, 0.15) is 26.7 Å². The molecule has 0 aromatic heterocycles. The summed E-state index contributed by atoms with van der Waals surface area (Å²) in [6.45, 7) is 3.37. The zero-order chi connectivity index (χ0) is 9.61. The van der Waals surface area contributed by atoms with Crippen LogP contribution in [0.5, 0.6) is 0 Å². The zero-order valence-electron chi connectivity index (χ0n) is 8.57. The Morgan fingerprint density at radius 2 is 2.00 bits per heavy atom. The van der Waals surface area contributed by atoms with Gasteiger partial charge in [-0.15, -0.1) is 6.61 Å². The van der Waals surface area contributed by atoms with Crippen molar-refractivity contribution < 1.29 is 65.3 Å². The van der Waals surface area contributed by atoms with Gasteiger partial charge in [-0.3, -0.25) is 0 Å². The van der Waals surface area contributed by atoms with Gasteiger partial charge in [0, 0.05) is 6.42 Å². The van der Waals surface area contributed by atoms with Gasteiger partial charge in [0.2, 0.25) is 0 Å². The molecule has 0 aromatic rings. The van der Waals surface area contributed by atoms with Crippen molar-refractivity contribution in [1.82, 2.24) is 5.32 Å². The average Bonchev–Trinajstić information content (AvgIpc) is 2.08. The minimum atomic E-state index is -2.59. The second-order valence-electron chi connectivity index (χ2n) is 2.64. The Kier molecular flexibility index (Phi) is 11.3. The number of piperidine rings is 1. The van der Waals surface area contributed by atoms with Crippen LogP contribution >= 0.6 is 0 Å². The minimum absolute atomic E-state index is 0. The van der Waals surface area contributed by atoms with E-state index >= 15 is 0 Å². The molecule has 2 nitrogen and oxygen atoms in total. The van der Waals surface area contributed by atoms with Crippen LogP contribution in [-0.4, -0.2) is 25.1 Å². The maximum Gasteiger partial charge on any atom is 1.00 e. The number of nitrogens with one attached hydrogen (secondary N) is 1. The van der Waals surface area contributed by atoms with Crippen molar-refractivity contribution in [1.29, 1.82) is 0 Å². The summed E-state index contributed by atoms with van der Waals surface area (Å²) < 4.78 is 24.7. The Morgan fingerprint density at radius 3 is 2.31 bits per heavy atom. The number of rotatable bonds is 1. The summed E-state index contributed by atoms with van der Waals surface area (Å²) in [5.74, 6) is -2.59. The van der Waals surface area contributed by atoms with Gasteiger partial charge in [-0.05, 0) is 12.5 Å². The summed E-state index contributed by atoms with van der Waals surface area (Å²) in [6, 6.07) is -0.236. The standard InChI is InChI=1S/C6H10F2NO.C2H6.K/c7-6(8)2-1-5(3-10)9-4-6;1-2;/h5,9H,1-4H2;1-2H3;/q-1;;+1. The number of halogens is 2. The summed E-state index contributed by atoms with van der Waals surface area (Å²) in [6.07, 6.45) is 0.156. The van der Waals surface area contributed by atoms with Crippen LogP contribution in [0.15, 0.2) is 0 Å². The Hall–Kier alpha value is 1.42. The van der Waals surface area contributed by atoms with E-state index in [0.29, 0.717) is 6.42 Å². The molecule has 13 heavy (non-hydrogen) atoms. The second kappa shape index (κ2) is 8.70. The van der Waals surface area contributed by atoms with E-state index in [0.717, 1.165) is 0 Å². The molecule has 5 heteroatoms. The molecule has 0 aliphatic carbocycles. The fourth-order valence-corrected chi connectivity index (χ4v) is 1.01. The number of alkyl halides is 2. The van der Waals surface area contributed by atoms with Gasteiger partial charge in [-0.25, -0.2) is 8.78 Å². The van der Waals surface area contributed by atoms with Crippen molar-refractivity contribution in [3.63, 3.8) is 0 Å². The van der Waals surface area contributed by atoms with Gasteiger partial charge in [-0.1, -0.05) is 13.8 Å². The van der Waals surface area contributed by atoms with Crippen molar-refractivity contribution in [2.45, 2.75) is 38.7 Å². The van der Waals surface area contributed by atoms with E-state index in [-0.39, 0.29) is 77.0 Å². The SMILES string of the molecule is CC.[K+].[O-]CC1CCC(F)(F)CN1. The molecule has 1 atom stereocenters. The molecule has 74 valence electrons. The van der Waals surface area contributed by atoms with Gasteiger partial charge < -0.3 is 10.4 Å². The third-order valence-corrected chi connectivity index (χ3v) is 1.71. The summed E-state index contributed by atoms with van der Waals surface area (Å²) in [5.41, 5.74) is 0. The van der Waals surface area contributed by atoms with Gasteiger partial charge in [-0.2, -0.15) is 0 Å². The first kappa shape index (κ1) is 16.8. The molecule has 1 aliphatic heterocycles. The van der Waals surface area contributed by atoms with Crippen molar-refractivity contribution in [3.05, 3.63) is 0 Å². The molecular formula is C8H16F2KNO. The summed E-state index contributed by atoms with van der Waals surface area (Å²) in [4.78, 5) is 0. The predicted octanol–water partition coefficient (Wildman–Crippen LogP) is -2.24. The summed E-state index contributed by atoms with van der Waals surface area (Å²) in [7, 11) is 0. The monoisotopic (exact) mass is 219 g/mol. The van der Waals surface area contributed by atoms with Gasteiger partial charge in [0.15, 0.2) is 0 Å². The molecule has 0 amide bonds. The molecule has 0 spiro atoms. The van der Waals surface area contributed by atoms with Crippen molar-refractivity contribution in [2.24, 2.45) is 0 Å². The first-order valence-corrected chi connectivity index (χ1v) is 4.33. The molecule has 0 saturated carbocycles. The molecule has 0 radical (unpaired) electrons. The minimum Gasteiger partial charge on any atom is -0.853 e. The smallest absolute Gasteiger partial charge is 0.853 e. The largest absolute Gasteiger partial charge is 1.00 e. The zero-order valence-corrected chi connectivity index (χ0v) is 11.7. The van der Waals surface area contributed by atoms with Crippen molar-refractivity contribution in [3.8, 4) is 0 Å². The Labute approximate surface area is 121 Å². The first-order valence-electron chi connectivity index (χ1n) is 4.33. The molecular weight excluding hydrogens is 203 g/mol. The van der Waals surface area contributed by atoms with Crippen LogP contribution in [-0.2, 0) is 0 Å². The first-order chi connectivity index (χ1) is 5.64. The van der Waals surface area contributed by atoms with E-state index in [9.17, 15) is 13.9 Å². The van der Waals surface area contributed by atoms with E-state index in [4.69, 9.17) is 0 Å². The van der Waals surface area contributed by atoms with Crippen LogP contribution < -0.4 is 61.8 Å². The summed E-state index contributed by atoms with van der Waals surface area (Å²) >= 11 is 0. The number of hydrogen-bond donors (Lipinski definition) is 1. The topological polar surface area (TPSA) is 35.1 Å². The third-order valence-electron chi connectivity index (χ3n) is 1.71. The second-order valence-corrected chi connectivity index (χ2v) is 2.64. The fraction of sp³-hybridized carbons (Fsp3) is 1.00. The molecule has 1 rings (SSSR count). The van der Waals surface area contributed by atoms with Gasteiger partial charge in [0.05, 0.1) is 6.54 Å². The van der Waals surface area contributed by atoms with E-state index in [1.54, 1.807) is 0 Å². The molecule has 1 N–H and O–H groups in total. The van der Waals surface area contributed by atoms with Gasteiger partial charge in [0.25, 0.3) is 5.92 Å². The fourth-order valence-electron chi connectivity index (χ4n) is 1.01. The normalized spacial score (nSPS) is 25.2. The quantitative estimate of drug-likeness (QED) is 0.506. The van der Waals surface area contributed by atoms with Crippen LogP contribution in [0.2, 0.25) is 0 Å². The average molecular weight is 219 g/mol. The summed E-state index contributed by atoms with van der Waals surface area (Å²) in [5, 5.41) is 12.7. The maximum atomic E-state index is 12.3. The predicted molar refractivity (Wildman–Crippen MR) is 42.2 cm³/mol. The van der Waals surface area contributed by atoms with Crippen molar-refractivity contribution in [2.75, 3.05) is 13.2 Å². The van der Waals surface area contributed by atoms with Crippen molar-refractivity contribution >= 4 is 0 Å². The molecule has 1 unspecified atom stereocenters. The Morgan fingerprint density at radius 1 is 1.46 bits per heavy atom. The van der Waals surface area contributed by atoms with E-state index in [2.05, 4.69) is 5.32 Å². The van der Waals surface area contributed by atoms with E-state index < -0.39 is 5.92 Å². The molecule has 0 aromatic carbocycles. The van der Waals surface area contributed by atoms with Crippen LogP contribution in [0.25, 0.3) is 0 Å². The van der Waals surface area contributed by atoms with Crippen LogP contribution in [0.4, 0.5) is 8.78 Å². The maximum absolute atomic E-state index is 12.3. The van der Waals surface area contributed by atoms with Crippen LogP contribution in [0, 0.1) is 0 Å². The van der Waals surface area contributed by atoms with Gasteiger partial charge in [0.1, 0.15) is 0 Å².